The molecule has 2 heterocycles. The summed E-state index contributed by atoms with van der Waals surface area (Å²) in [4.78, 5) is 13.2. The van der Waals surface area contributed by atoms with Gasteiger partial charge in [0.2, 0.25) is 0 Å². The molecule has 0 saturated carbocycles. The van der Waals surface area contributed by atoms with Crippen molar-refractivity contribution in [2.75, 3.05) is 12.1 Å². The van der Waals surface area contributed by atoms with Crippen molar-refractivity contribution in [2.45, 2.75) is 6.92 Å². The number of rotatable bonds is 5. The molecule has 1 aliphatic heterocycles. The van der Waals surface area contributed by atoms with E-state index in [2.05, 4.69) is 5.10 Å². The van der Waals surface area contributed by atoms with Crippen molar-refractivity contribution < 1.29 is 9.53 Å². The van der Waals surface area contributed by atoms with Crippen LogP contribution in [0.15, 0.2) is 102 Å². The number of amides is 1. The smallest absolute Gasteiger partial charge is 0.280 e. The van der Waals surface area contributed by atoms with E-state index in [0.29, 0.717) is 11.3 Å². The summed E-state index contributed by atoms with van der Waals surface area (Å²) in [5.74, 6) is 0.612. The fourth-order valence-electron chi connectivity index (χ4n) is 3.76. The first-order chi connectivity index (χ1) is 16.1. The fraction of sp³-hybridized carbons (Fsp3) is 0.0741. The maximum atomic E-state index is 13.2. The molecular weight excluding hydrogens is 412 g/mol. The molecule has 3 aromatic carbocycles. The topological polar surface area (TPSA) is 59.7 Å². The van der Waals surface area contributed by atoms with Crippen molar-refractivity contribution in [3.8, 4) is 22.7 Å². The van der Waals surface area contributed by atoms with Gasteiger partial charge in [-0.3, -0.25) is 4.79 Å². The number of hydrogen-bond acceptors (Lipinski definition) is 4. The highest BCUT2D eigenvalue weighted by Gasteiger charge is 2.29. The maximum absolute atomic E-state index is 13.2. The molecule has 1 amide bonds. The standard InChI is InChI=1S/C27H22N4O2/c1-19-25(27(32)31(28-19)23-11-7-4-8-12-23)17-21-18-30(22-9-5-3-6-10-22)29-26(21)20-13-15-24(33-2)16-14-20/h3-18H,1-2H3/b25-17-. The number of nitrogens with zero attached hydrogens (tertiary/aromatic N) is 4. The van der Waals surface area contributed by atoms with Crippen molar-refractivity contribution in [2.24, 2.45) is 5.10 Å². The van der Waals surface area contributed by atoms with Gasteiger partial charge >= 0.3 is 0 Å². The van der Waals surface area contributed by atoms with Crippen LogP contribution in [0.1, 0.15) is 12.5 Å². The molecule has 1 aromatic heterocycles. The highest BCUT2D eigenvalue weighted by Crippen LogP contribution is 2.30. The Morgan fingerprint density at radius 2 is 1.48 bits per heavy atom. The zero-order valence-electron chi connectivity index (χ0n) is 18.3. The van der Waals surface area contributed by atoms with Crippen LogP contribution in [0.4, 0.5) is 5.69 Å². The molecule has 0 unspecified atom stereocenters. The second-order valence-electron chi connectivity index (χ2n) is 7.64. The zero-order valence-corrected chi connectivity index (χ0v) is 18.3. The summed E-state index contributed by atoms with van der Waals surface area (Å²) in [6.07, 6.45) is 3.81. The van der Waals surface area contributed by atoms with E-state index in [1.165, 1.54) is 5.01 Å². The quantitative estimate of drug-likeness (QED) is 0.398. The Bertz CT molecular complexity index is 1350. The normalized spacial score (nSPS) is 14.6. The summed E-state index contributed by atoms with van der Waals surface area (Å²) in [7, 11) is 1.64. The molecule has 1 aliphatic rings. The Balaban J connectivity index is 1.59. The van der Waals surface area contributed by atoms with Crippen LogP contribution < -0.4 is 9.75 Å². The van der Waals surface area contributed by atoms with Gasteiger partial charge in [-0.25, -0.2) is 4.68 Å². The van der Waals surface area contributed by atoms with Crippen LogP contribution in [0, 0.1) is 0 Å². The van der Waals surface area contributed by atoms with Crippen molar-refractivity contribution in [1.82, 2.24) is 9.78 Å². The Morgan fingerprint density at radius 1 is 0.848 bits per heavy atom. The van der Waals surface area contributed by atoms with Crippen LogP contribution in [-0.4, -0.2) is 28.5 Å². The van der Waals surface area contributed by atoms with Crippen LogP contribution in [0.25, 0.3) is 23.0 Å². The molecule has 5 rings (SSSR count). The molecule has 4 aromatic rings. The minimum Gasteiger partial charge on any atom is -0.497 e. The highest BCUT2D eigenvalue weighted by atomic mass is 16.5. The number of methoxy groups -OCH3 is 1. The summed E-state index contributed by atoms with van der Waals surface area (Å²) in [5, 5.41) is 10.8. The minimum atomic E-state index is -0.160. The van der Waals surface area contributed by atoms with Gasteiger partial charge in [0, 0.05) is 17.3 Å². The van der Waals surface area contributed by atoms with E-state index in [4.69, 9.17) is 9.84 Å². The number of hydrogen-bond donors (Lipinski definition) is 0. The van der Waals surface area contributed by atoms with Crippen LogP contribution >= 0.6 is 0 Å². The van der Waals surface area contributed by atoms with E-state index in [1.54, 1.807) is 7.11 Å². The highest BCUT2D eigenvalue weighted by molar-refractivity contribution is 6.32. The van der Waals surface area contributed by atoms with E-state index in [9.17, 15) is 4.79 Å². The lowest BCUT2D eigenvalue weighted by molar-refractivity contribution is -0.114. The van der Waals surface area contributed by atoms with E-state index >= 15 is 0 Å². The lowest BCUT2D eigenvalue weighted by atomic mass is 10.0. The van der Waals surface area contributed by atoms with Gasteiger partial charge in [-0.1, -0.05) is 36.4 Å². The molecule has 0 fully saturated rings. The molecule has 33 heavy (non-hydrogen) atoms. The zero-order chi connectivity index (χ0) is 22.8. The van der Waals surface area contributed by atoms with Crippen molar-refractivity contribution >= 4 is 23.4 Å². The van der Waals surface area contributed by atoms with Gasteiger partial charge in [-0.2, -0.15) is 15.2 Å². The Morgan fingerprint density at radius 3 is 2.12 bits per heavy atom. The SMILES string of the molecule is COc1ccc(-c2nn(-c3ccccc3)cc2/C=C2\C(=O)N(c3ccccc3)N=C2C)cc1. The summed E-state index contributed by atoms with van der Waals surface area (Å²) in [5.41, 5.74) is 5.41. The number of benzene rings is 3. The van der Waals surface area contributed by atoms with E-state index < -0.39 is 0 Å². The van der Waals surface area contributed by atoms with Gasteiger partial charge in [0.05, 0.1) is 35.5 Å². The average molecular weight is 434 g/mol. The lowest BCUT2D eigenvalue weighted by Gasteiger charge is -2.11. The molecule has 6 nitrogen and oxygen atoms in total. The van der Waals surface area contributed by atoms with Crippen molar-refractivity contribution in [3.63, 3.8) is 0 Å². The number of carbonyl (C=O) groups excluding carboxylic acids is 1. The number of para-hydroxylation sites is 2. The van der Waals surface area contributed by atoms with Gasteiger partial charge in [0.1, 0.15) is 5.75 Å². The summed E-state index contributed by atoms with van der Waals surface area (Å²) in [6, 6.07) is 27.1. The first-order valence-electron chi connectivity index (χ1n) is 10.6. The maximum Gasteiger partial charge on any atom is 0.280 e. The summed E-state index contributed by atoms with van der Waals surface area (Å²) in [6.45, 7) is 1.85. The fourth-order valence-corrected chi connectivity index (χ4v) is 3.76. The predicted octanol–water partition coefficient (Wildman–Crippen LogP) is 5.35. The number of carbonyl (C=O) groups is 1. The van der Waals surface area contributed by atoms with Gasteiger partial charge in [0.25, 0.3) is 5.91 Å². The molecule has 162 valence electrons. The van der Waals surface area contributed by atoms with Crippen molar-refractivity contribution in [3.05, 3.63) is 102 Å². The minimum absolute atomic E-state index is 0.160. The molecular formula is C27H22N4O2. The summed E-state index contributed by atoms with van der Waals surface area (Å²) >= 11 is 0. The molecule has 0 spiro atoms. The molecule has 0 N–H and O–H groups in total. The molecule has 0 saturated heterocycles. The largest absolute Gasteiger partial charge is 0.497 e. The Hall–Kier alpha value is -4.45. The van der Waals surface area contributed by atoms with Crippen LogP contribution in [0.2, 0.25) is 0 Å². The third-order valence-electron chi connectivity index (χ3n) is 5.49. The van der Waals surface area contributed by atoms with Gasteiger partial charge in [-0.15, -0.1) is 0 Å². The van der Waals surface area contributed by atoms with Crippen molar-refractivity contribution in [1.29, 1.82) is 0 Å². The van der Waals surface area contributed by atoms with Gasteiger partial charge in [0.15, 0.2) is 0 Å². The van der Waals surface area contributed by atoms with Crippen LogP contribution in [0.5, 0.6) is 5.75 Å². The van der Waals surface area contributed by atoms with Gasteiger partial charge < -0.3 is 4.74 Å². The first kappa shape index (κ1) is 20.5. The second kappa shape index (κ2) is 8.59. The average Bonchev–Trinajstić information content (AvgIpc) is 3.42. The second-order valence-corrected chi connectivity index (χ2v) is 7.64. The molecule has 0 aliphatic carbocycles. The third-order valence-corrected chi connectivity index (χ3v) is 5.49. The monoisotopic (exact) mass is 434 g/mol. The van der Waals surface area contributed by atoms with E-state index in [1.807, 2.05) is 109 Å². The first-order valence-corrected chi connectivity index (χ1v) is 10.6. The number of aromatic nitrogens is 2. The lowest BCUT2D eigenvalue weighted by Crippen LogP contribution is -2.21. The Labute approximate surface area is 192 Å². The number of ether oxygens (including phenoxy) is 1. The van der Waals surface area contributed by atoms with E-state index in [-0.39, 0.29) is 5.91 Å². The molecule has 0 radical (unpaired) electrons. The summed E-state index contributed by atoms with van der Waals surface area (Å²) < 4.78 is 7.12. The van der Waals surface area contributed by atoms with E-state index in [0.717, 1.165) is 33.9 Å². The predicted molar refractivity (Wildman–Crippen MR) is 131 cm³/mol. The molecule has 0 atom stereocenters. The Kier molecular flexibility index (Phi) is 5.32. The molecule has 6 heteroatoms. The number of hydrazone groups is 1. The van der Waals surface area contributed by atoms with Crippen LogP contribution in [-0.2, 0) is 4.79 Å². The molecule has 0 bridgehead atoms. The van der Waals surface area contributed by atoms with Gasteiger partial charge in [-0.05, 0) is 61.5 Å². The number of anilines is 1. The van der Waals surface area contributed by atoms with Crippen LogP contribution in [0.3, 0.4) is 0 Å². The third kappa shape index (κ3) is 3.94.